The third kappa shape index (κ3) is 4.23. The first-order valence-corrected chi connectivity index (χ1v) is 9.33. The molecule has 1 aliphatic rings. The second kappa shape index (κ2) is 7.91. The molecule has 2 atom stereocenters. The van der Waals surface area contributed by atoms with Crippen LogP contribution in [0.2, 0.25) is 5.02 Å². The van der Waals surface area contributed by atoms with E-state index < -0.39 is 6.04 Å². The predicted octanol–water partition coefficient (Wildman–Crippen LogP) is 3.55. The number of hydrogen-bond donors (Lipinski definition) is 3. The lowest BCUT2D eigenvalue weighted by molar-refractivity contribution is -0.123. The highest BCUT2D eigenvalue weighted by Crippen LogP contribution is 2.48. The van der Waals surface area contributed by atoms with Gasteiger partial charge in [0.05, 0.1) is 6.04 Å². The zero-order chi connectivity index (χ0) is 17.0. The molecule has 1 amide bonds. The highest BCUT2D eigenvalue weighted by Gasteiger charge is 2.46. The molecule has 0 heterocycles. The normalized spacial score (nSPS) is 19.0. The molecule has 3 nitrogen and oxygen atoms in total. The number of hydrogen-bond acceptors (Lipinski definition) is 3. The summed E-state index contributed by atoms with van der Waals surface area (Å²) in [5, 5.41) is 3.95. The summed E-state index contributed by atoms with van der Waals surface area (Å²) in [6.07, 6.45) is 4.30. The van der Waals surface area contributed by atoms with Gasteiger partial charge in [0, 0.05) is 22.2 Å². The molecule has 128 valence electrons. The fourth-order valence-corrected chi connectivity index (χ4v) is 3.73. The van der Waals surface area contributed by atoms with Gasteiger partial charge in [-0.3, -0.25) is 4.79 Å². The third-order valence-corrected chi connectivity index (χ3v) is 5.53. The van der Waals surface area contributed by atoms with Crippen molar-refractivity contribution in [2.75, 3.05) is 5.75 Å². The van der Waals surface area contributed by atoms with Crippen molar-refractivity contribution in [1.82, 2.24) is 5.32 Å². The SMILES string of the molecule is CC(C)CC(NC(=O)C(N)CS)C1(c2ccc(Cl)cc2)CCC1. The van der Waals surface area contributed by atoms with Crippen LogP contribution in [0.5, 0.6) is 0 Å². The zero-order valence-electron chi connectivity index (χ0n) is 13.9. The van der Waals surface area contributed by atoms with E-state index in [1.807, 2.05) is 12.1 Å². The van der Waals surface area contributed by atoms with E-state index in [-0.39, 0.29) is 17.4 Å². The molecule has 3 N–H and O–H groups in total. The maximum atomic E-state index is 12.3. The van der Waals surface area contributed by atoms with Crippen LogP contribution in [-0.2, 0) is 10.2 Å². The van der Waals surface area contributed by atoms with E-state index in [1.165, 1.54) is 12.0 Å². The smallest absolute Gasteiger partial charge is 0.238 e. The monoisotopic (exact) mass is 354 g/mol. The summed E-state index contributed by atoms with van der Waals surface area (Å²) >= 11 is 10.2. The van der Waals surface area contributed by atoms with Gasteiger partial charge in [-0.05, 0) is 42.9 Å². The zero-order valence-corrected chi connectivity index (χ0v) is 15.5. The van der Waals surface area contributed by atoms with Crippen LogP contribution in [0.25, 0.3) is 0 Å². The Morgan fingerprint density at radius 2 is 1.96 bits per heavy atom. The number of benzene rings is 1. The maximum absolute atomic E-state index is 12.3. The van der Waals surface area contributed by atoms with Crippen molar-refractivity contribution >= 4 is 30.1 Å². The van der Waals surface area contributed by atoms with Crippen LogP contribution in [0.3, 0.4) is 0 Å². The molecule has 1 aromatic rings. The van der Waals surface area contributed by atoms with Gasteiger partial charge >= 0.3 is 0 Å². The van der Waals surface area contributed by atoms with E-state index in [9.17, 15) is 4.79 Å². The van der Waals surface area contributed by atoms with Crippen LogP contribution >= 0.6 is 24.2 Å². The second-order valence-electron chi connectivity index (χ2n) is 7.00. The molecular formula is C18H27ClN2OS. The maximum Gasteiger partial charge on any atom is 0.238 e. The number of carbonyl (C=O) groups excluding carboxylic acids is 1. The molecule has 0 radical (unpaired) electrons. The minimum absolute atomic E-state index is 0.000831. The summed E-state index contributed by atoms with van der Waals surface area (Å²) in [6.45, 7) is 4.37. The standard InChI is InChI=1S/C18H27ClN2OS/c1-12(2)10-16(21-17(22)15(20)11-23)18(8-3-9-18)13-4-6-14(19)7-5-13/h4-7,12,15-16,23H,3,8-11,20H2,1-2H3,(H,21,22). The van der Waals surface area contributed by atoms with Crippen LogP contribution in [0.4, 0.5) is 0 Å². The van der Waals surface area contributed by atoms with Gasteiger partial charge in [-0.2, -0.15) is 12.6 Å². The third-order valence-electron chi connectivity index (χ3n) is 4.89. The van der Waals surface area contributed by atoms with Gasteiger partial charge in [0.25, 0.3) is 0 Å². The highest BCUT2D eigenvalue weighted by atomic mass is 35.5. The Hall–Kier alpha value is -0.710. The second-order valence-corrected chi connectivity index (χ2v) is 7.80. The summed E-state index contributed by atoms with van der Waals surface area (Å²) in [5.74, 6) is 0.747. The van der Waals surface area contributed by atoms with Gasteiger partial charge in [-0.25, -0.2) is 0 Å². The van der Waals surface area contributed by atoms with Crippen molar-refractivity contribution in [2.45, 2.75) is 57.0 Å². The van der Waals surface area contributed by atoms with E-state index in [0.29, 0.717) is 11.7 Å². The molecule has 5 heteroatoms. The summed E-state index contributed by atoms with van der Waals surface area (Å²) in [6, 6.07) is 7.60. The quantitative estimate of drug-likeness (QED) is 0.656. The molecule has 0 saturated heterocycles. The Labute approximate surface area is 149 Å². The first-order valence-electron chi connectivity index (χ1n) is 8.32. The molecule has 1 aliphatic carbocycles. The van der Waals surface area contributed by atoms with Crippen molar-refractivity contribution in [3.63, 3.8) is 0 Å². The van der Waals surface area contributed by atoms with Crippen LogP contribution < -0.4 is 11.1 Å². The molecule has 0 bridgehead atoms. The fraction of sp³-hybridized carbons (Fsp3) is 0.611. The molecule has 1 saturated carbocycles. The minimum atomic E-state index is -0.560. The lowest BCUT2D eigenvalue weighted by Gasteiger charge is -2.49. The van der Waals surface area contributed by atoms with E-state index in [2.05, 4.69) is 43.9 Å². The summed E-state index contributed by atoms with van der Waals surface area (Å²) in [7, 11) is 0. The fourth-order valence-electron chi connectivity index (χ4n) is 3.43. The number of carbonyl (C=O) groups is 1. The summed E-state index contributed by atoms with van der Waals surface area (Å²) in [5.41, 5.74) is 7.11. The Bertz CT molecular complexity index is 528. The average Bonchev–Trinajstić information content (AvgIpc) is 2.46. The van der Waals surface area contributed by atoms with E-state index in [4.69, 9.17) is 17.3 Å². The van der Waals surface area contributed by atoms with Gasteiger partial charge in [0.1, 0.15) is 0 Å². The molecule has 0 aliphatic heterocycles. The van der Waals surface area contributed by atoms with E-state index in [0.717, 1.165) is 24.3 Å². The van der Waals surface area contributed by atoms with Gasteiger partial charge in [0.2, 0.25) is 5.91 Å². The topological polar surface area (TPSA) is 55.1 Å². The number of nitrogens with one attached hydrogen (secondary N) is 1. The lowest BCUT2D eigenvalue weighted by atomic mass is 9.59. The Kier molecular flexibility index (Phi) is 6.40. The number of halogens is 1. The molecule has 0 aromatic heterocycles. The van der Waals surface area contributed by atoms with E-state index >= 15 is 0 Å². The highest BCUT2D eigenvalue weighted by molar-refractivity contribution is 7.80. The number of rotatable bonds is 7. The summed E-state index contributed by atoms with van der Waals surface area (Å²) in [4.78, 5) is 12.3. The first kappa shape index (κ1) is 18.6. The molecule has 0 spiro atoms. The van der Waals surface area contributed by atoms with Crippen LogP contribution in [0, 0.1) is 5.92 Å². The van der Waals surface area contributed by atoms with Gasteiger partial charge in [-0.1, -0.05) is 44.0 Å². The van der Waals surface area contributed by atoms with Crippen LogP contribution in [0.1, 0.15) is 45.1 Å². The lowest BCUT2D eigenvalue weighted by Crippen LogP contribution is -2.57. The van der Waals surface area contributed by atoms with Gasteiger partial charge in [0.15, 0.2) is 0 Å². The van der Waals surface area contributed by atoms with E-state index in [1.54, 1.807) is 0 Å². The summed E-state index contributed by atoms with van der Waals surface area (Å²) < 4.78 is 0. The largest absolute Gasteiger partial charge is 0.351 e. The van der Waals surface area contributed by atoms with Crippen molar-refractivity contribution in [2.24, 2.45) is 11.7 Å². The molecule has 2 unspecified atom stereocenters. The van der Waals surface area contributed by atoms with Crippen molar-refractivity contribution < 1.29 is 4.79 Å². The first-order chi connectivity index (χ1) is 10.9. The van der Waals surface area contributed by atoms with Crippen molar-refractivity contribution in [3.8, 4) is 0 Å². The van der Waals surface area contributed by atoms with Crippen LogP contribution in [0.15, 0.2) is 24.3 Å². The van der Waals surface area contributed by atoms with Crippen LogP contribution in [-0.4, -0.2) is 23.7 Å². The average molecular weight is 355 g/mol. The molecular weight excluding hydrogens is 328 g/mol. The van der Waals surface area contributed by atoms with Gasteiger partial charge < -0.3 is 11.1 Å². The number of nitrogens with two attached hydrogens (primary N) is 1. The van der Waals surface area contributed by atoms with Crippen molar-refractivity contribution in [1.29, 1.82) is 0 Å². The number of thiol groups is 1. The molecule has 1 fully saturated rings. The van der Waals surface area contributed by atoms with Gasteiger partial charge in [-0.15, -0.1) is 0 Å². The predicted molar refractivity (Wildman–Crippen MR) is 100 cm³/mol. The molecule has 2 rings (SSSR count). The van der Waals surface area contributed by atoms with Crippen molar-refractivity contribution in [3.05, 3.63) is 34.9 Å². The number of amides is 1. The molecule has 1 aromatic carbocycles. The Morgan fingerprint density at radius 3 is 2.39 bits per heavy atom. The Morgan fingerprint density at radius 1 is 1.35 bits per heavy atom. The molecule has 23 heavy (non-hydrogen) atoms. The Balaban J connectivity index is 2.27. The minimum Gasteiger partial charge on any atom is -0.351 e.